The van der Waals surface area contributed by atoms with Gasteiger partial charge in [0.05, 0.1) is 12.1 Å². The van der Waals surface area contributed by atoms with Gasteiger partial charge in [-0.05, 0) is 13.3 Å². The molecular formula is C13H28N2O2S. The largest absolute Gasteiger partial charge is 0.394 e. The maximum absolute atomic E-state index is 11.7. The summed E-state index contributed by atoms with van der Waals surface area (Å²) in [6.45, 7) is 11.0. The Hall–Kier alpha value is -0.420. The second-order valence-corrected chi connectivity index (χ2v) is 7.73. The molecule has 1 atom stereocenters. The molecule has 0 saturated carbocycles. The van der Waals surface area contributed by atoms with Crippen molar-refractivity contribution in [2.75, 3.05) is 18.9 Å². The first-order chi connectivity index (χ1) is 8.22. The van der Waals surface area contributed by atoms with E-state index in [1.54, 1.807) is 0 Å². The molecule has 0 spiro atoms. The highest BCUT2D eigenvalue weighted by Crippen LogP contribution is 2.21. The van der Waals surface area contributed by atoms with Crippen molar-refractivity contribution in [2.45, 2.75) is 57.7 Å². The fourth-order valence-electron chi connectivity index (χ4n) is 1.57. The molecule has 0 heterocycles. The predicted octanol–water partition coefficient (Wildman–Crippen LogP) is 2.37. The highest BCUT2D eigenvalue weighted by molar-refractivity contribution is 8.00. The van der Waals surface area contributed by atoms with E-state index in [1.165, 1.54) is 0 Å². The quantitative estimate of drug-likeness (QED) is 0.626. The molecule has 0 bridgehead atoms. The Labute approximate surface area is 115 Å². The lowest BCUT2D eigenvalue weighted by molar-refractivity contribution is 0.163. The van der Waals surface area contributed by atoms with Crippen LogP contribution in [0, 0.1) is 0 Å². The maximum Gasteiger partial charge on any atom is 0.315 e. The molecular weight excluding hydrogens is 248 g/mol. The van der Waals surface area contributed by atoms with Crippen molar-refractivity contribution in [3.63, 3.8) is 0 Å². The van der Waals surface area contributed by atoms with E-state index in [9.17, 15) is 9.90 Å². The molecule has 0 aliphatic heterocycles. The molecule has 2 amide bonds. The van der Waals surface area contributed by atoms with Crippen LogP contribution in [0.5, 0.6) is 0 Å². The number of aliphatic hydroxyl groups is 1. The monoisotopic (exact) mass is 276 g/mol. The van der Waals surface area contributed by atoms with E-state index in [0.29, 0.717) is 6.54 Å². The third kappa shape index (κ3) is 8.64. The summed E-state index contributed by atoms with van der Waals surface area (Å²) < 4.78 is 0.222. The Morgan fingerprint density at radius 3 is 2.33 bits per heavy atom. The van der Waals surface area contributed by atoms with Crippen LogP contribution < -0.4 is 10.6 Å². The third-order valence-corrected chi connectivity index (χ3v) is 3.76. The zero-order valence-corrected chi connectivity index (χ0v) is 13.1. The summed E-state index contributed by atoms with van der Waals surface area (Å²) in [4.78, 5) is 11.7. The van der Waals surface area contributed by atoms with E-state index in [1.807, 2.05) is 25.6 Å². The van der Waals surface area contributed by atoms with Gasteiger partial charge in [0.15, 0.2) is 0 Å². The number of rotatable bonds is 7. The predicted molar refractivity (Wildman–Crippen MR) is 79.1 cm³/mol. The van der Waals surface area contributed by atoms with Crippen LogP contribution in [0.1, 0.15) is 47.5 Å². The van der Waals surface area contributed by atoms with E-state index in [2.05, 4.69) is 31.4 Å². The summed E-state index contributed by atoms with van der Waals surface area (Å²) in [5.74, 6) is 0.889. The first kappa shape index (κ1) is 17.6. The van der Waals surface area contributed by atoms with Crippen molar-refractivity contribution in [1.29, 1.82) is 0 Å². The molecule has 1 unspecified atom stereocenters. The molecule has 18 heavy (non-hydrogen) atoms. The van der Waals surface area contributed by atoms with Gasteiger partial charge in [-0.2, -0.15) is 11.8 Å². The smallest absolute Gasteiger partial charge is 0.315 e. The Kier molecular flexibility index (Phi) is 7.71. The van der Waals surface area contributed by atoms with E-state index in [0.717, 1.165) is 18.6 Å². The van der Waals surface area contributed by atoms with Gasteiger partial charge in [0.2, 0.25) is 0 Å². The van der Waals surface area contributed by atoms with Crippen molar-refractivity contribution in [1.82, 2.24) is 10.6 Å². The molecule has 4 nitrogen and oxygen atoms in total. The SMILES string of the molecule is CCCC(C)(CO)NC(=O)NCCSC(C)(C)C. The zero-order chi connectivity index (χ0) is 14.2. The molecule has 0 aliphatic carbocycles. The van der Waals surface area contributed by atoms with Crippen LogP contribution in [0.3, 0.4) is 0 Å². The van der Waals surface area contributed by atoms with E-state index >= 15 is 0 Å². The number of carbonyl (C=O) groups is 1. The van der Waals surface area contributed by atoms with Crippen LogP contribution in [-0.2, 0) is 0 Å². The Morgan fingerprint density at radius 2 is 1.89 bits per heavy atom. The van der Waals surface area contributed by atoms with E-state index < -0.39 is 5.54 Å². The summed E-state index contributed by atoms with van der Waals surface area (Å²) in [5, 5.41) is 15.0. The summed E-state index contributed by atoms with van der Waals surface area (Å²) in [7, 11) is 0. The minimum absolute atomic E-state index is 0.0367. The van der Waals surface area contributed by atoms with Crippen LogP contribution in [0.4, 0.5) is 4.79 Å². The molecule has 0 radical (unpaired) electrons. The number of aliphatic hydroxyl groups excluding tert-OH is 1. The Balaban J connectivity index is 3.89. The molecule has 0 aromatic rings. The van der Waals surface area contributed by atoms with Crippen molar-refractivity contribution in [3.05, 3.63) is 0 Å². The molecule has 108 valence electrons. The molecule has 0 saturated heterocycles. The molecule has 0 aliphatic rings. The minimum Gasteiger partial charge on any atom is -0.394 e. The average Bonchev–Trinajstić information content (AvgIpc) is 2.23. The van der Waals surface area contributed by atoms with Gasteiger partial charge in [-0.3, -0.25) is 0 Å². The molecule has 3 N–H and O–H groups in total. The lowest BCUT2D eigenvalue weighted by atomic mass is 9.98. The summed E-state index contributed by atoms with van der Waals surface area (Å²) in [5.41, 5.74) is -0.518. The van der Waals surface area contributed by atoms with E-state index in [-0.39, 0.29) is 17.4 Å². The number of urea groups is 1. The first-order valence-electron chi connectivity index (χ1n) is 6.53. The van der Waals surface area contributed by atoms with Crippen LogP contribution >= 0.6 is 11.8 Å². The number of carbonyl (C=O) groups excluding carboxylic acids is 1. The summed E-state index contributed by atoms with van der Waals surface area (Å²) in [6.07, 6.45) is 1.70. The lowest BCUT2D eigenvalue weighted by Gasteiger charge is -2.28. The van der Waals surface area contributed by atoms with Gasteiger partial charge in [0.25, 0.3) is 0 Å². The van der Waals surface area contributed by atoms with Gasteiger partial charge in [-0.15, -0.1) is 0 Å². The second-order valence-electron chi connectivity index (χ2n) is 5.81. The lowest BCUT2D eigenvalue weighted by Crippen LogP contribution is -2.52. The molecule has 0 aromatic heterocycles. The van der Waals surface area contributed by atoms with Crippen molar-refractivity contribution in [3.8, 4) is 0 Å². The normalized spacial score (nSPS) is 15.0. The summed E-state index contributed by atoms with van der Waals surface area (Å²) >= 11 is 1.82. The van der Waals surface area contributed by atoms with E-state index in [4.69, 9.17) is 0 Å². The topological polar surface area (TPSA) is 61.4 Å². The number of nitrogens with one attached hydrogen (secondary N) is 2. The second kappa shape index (κ2) is 7.89. The van der Waals surface area contributed by atoms with Gasteiger partial charge < -0.3 is 15.7 Å². The Bertz CT molecular complexity index is 254. The average molecular weight is 276 g/mol. The fourth-order valence-corrected chi connectivity index (χ4v) is 2.39. The first-order valence-corrected chi connectivity index (χ1v) is 7.52. The number of amides is 2. The van der Waals surface area contributed by atoms with Crippen LogP contribution in [0.2, 0.25) is 0 Å². The number of thioether (sulfide) groups is 1. The van der Waals surface area contributed by atoms with Gasteiger partial charge in [0.1, 0.15) is 0 Å². The highest BCUT2D eigenvalue weighted by atomic mass is 32.2. The molecule has 5 heteroatoms. The van der Waals surface area contributed by atoms with Crippen molar-refractivity contribution >= 4 is 17.8 Å². The van der Waals surface area contributed by atoms with Crippen molar-refractivity contribution in [2.24, 2.45) is 0 Å². The van der Waals surface area contributed by atoms with Crippen LogP contribution in [0.15, 0.2) is 0 Å². The zero-order valence-electron chi connectivity index (χ0n) is 12.3. The number of hydrogen-bond acceptors (Lipinski definition) is 3. The molecule has 0 rings (SSSR count). The number of hydrogen-bond donors (Lipinski definition) is 3. The van der Waals surface area contributed by atoms with Gasteiger partial charge in [-0.25, -0.2) is 4.79 Å². The van der Waals surface area contributed by atoms with Gasteiger partial charge in [0, 0.05) is 17.0 Å². The van der Waals surface area contributed by atoms with Crippen LogP contribution in [-0.4, -0.2) is 40.3 Å². The molecule has 0 aromatic carbocycles. The van der Waals surface area contributed by atoms with Crippen LogP contribution in [0.25, 0.3) is 0 Å². The van der Waals surface area contributed by atoms with Gasteiger partial charge >= 0.3 is 6.03 Å². The highest BCUT2D eigenvalue weighted by Gasteiger charge is 2.24. The molecule has 0 fully saturated rings. The maximum atomic E-state index is 11.7. The van der Waals surface area contributed by atoms with Gasteiger partial charge in [-0.1, -0.05) is 34.1 Å². The Morgan fingerprint density at radius 1 is 1.28 bits per heavy atom. The fraction of sp³-hybridized carbons (Fsp3) is 0.923. The minimum atomic E-state index is -0.518. The summed E-state index contributed by atoms with van der Waals surface area (Å²) in [6, 6.07) is -0.200. The third-order valence-electron chi connectivity index (χ3n) is 2.49. The standard InChI is InChI=1S/C13H28N2O2S/c1-6-7-13(5,10-16)15-11(17)14-8-9-18-12(2,3)4/h16H,6-10H2,1-5H3,(H2,14,15,17). The van der Waals surface area contributed by atoms with Crippen molar-refractivity contribution < 1.29 is 9.90 Å².